The number of hydrogen-bond acceptors (Lipinski definition) is 5. The predicted molar refractivity (Wildman–Crippen MR) is 69.8 cm³/mol. The maximum Gasteiger partial charge on any atom is 0.305 e. The van der Waals surface area contributed by atoms with Crippen LogP contribution in [0.15, 0.2) is 18.2 Å². The van der Waals surface area contributed by atoms with Crippen LogP contribution in [0.2, 0.25) is 0 Å². The molecule has 0 saturated carbocycles. The quantitative estimate of drug-likeness (QED) is 0.599. The Morgan fingerprint density at radius 3 is 2.68 bits per heavy atom. The molecule has 19 heavy (non-hydrogen) atoms. The minimum atomic E-state index is -0.914. The summed E-state index contributed by atoms with van der Waals surface area (Å²) in [7, 11) is 1.47. The first-order valence-electron chi connectivity index (χ1n) is 5.78. The smallest absolute Gasteiger partial charge is 0.305 e. The Bertz CT molecular complexity index is 475. The average Bonchev–Trinajstić information content (AvgIpc) is 2.38. The summed E-state index contributed by atoms with van der Waals surface area (Å²) in [4.78, 5) is 22.6. The van der Waals surface area contributed by atoms with E-state index >= 15 is 0 Å². The summed E-state index contributed by atoms with van der Waals surface area (Å²) in [6.07, 6.45) is -0.0420. The van der Waals surface area contributed by atoms with E-state index in [4.69, 9.17) is 9.84 Å². The van der Waals surface area contributed by atoms with Gasteiger partial charge in [-0.05, 0) is 13.0 Å². The Morgan fingerprint density at radius 2 is 2.21 bits per heavy atom. The van der Waals surface area contributed by atoms with Crippen molar-refractivity contribution in [2.75, 3.05) is 25.1 Å². The third kappa shape index (κ3) is 3.84. The van der Waals surface area contributed by atoms with E-state index in [0.717, 1.165) is 0 Å². The third-order valence-electron chi connectivity index (χ3n) is 2.69. The number of carbonyl (C=O) groups is 1. The van der Waals surface area contributed by atoms with Gasteiger partial charge in [0.2, 0.25) is 0 Å². The van der Waals surface area contributed by atoms with Gasteiger partial charge in [-0.25, -0.2) is 0 Å². The first kappa shape index (κ1) is 14.7. The molecular formula is C12H16N2O5. The fraction of sp³-hybridized carbons (Fsp3) is 0.417. The number of anilines is 1. The number of benzene rings is 1. The number of carboxylic acid groups (broad SMARTS) is 1. The second kappa shape index (κ2) is 6.58. The highest BCUT2D eigenvalue weighted by Crippen LogP contribution is 2.32. The fourth-order valence-electron chi connectivity index (χ4n) is 1.72. The van der Waals surface area contributed by atoms with Crippen LogP contribution in [0, 0.1) is 10.1 Å². The Labute approximate surface area is 110 Å². The normalized spacial score (nSPS) is 10.0. The molecule has 0 radical (unpaired) electrons. The third-order valence-corrected chi connectivity index (χ3v) is 2.69. The van der Waals surface area contributed by atoms with Crippen LogP contribution in [0.3, 0.4) is 0 Å². The molecule has 7 nitrogen and oxygen atoms in total. The Morgan fingerprint density at radius 1 is 1.53 bits per heavy atom. The van der Waals surface area contributed by atoms with Gasteiger partial charge in [0.25, 0.3) is 5.69 Å². The minimum Gasteiger partial charge on any atom is -0.495 e. The van der Waals surface area contributed by atoms with Gasteiger partial charge in [0.05, 0.1) is 24.1 Å². The highest BCUT2D eigenvalue weighted by molar-refractivity contribution is 5.69. The first-order valence-corrected chi connectivity index (χ1v) is 5.78. The van der Waals surface area contributed by atoms with E-state index in [9.17, 15) is 14.9 Å². The molecule has 0 aliphatic heterocycles. The highest BCUT2D eigenvalue weighted by Gasteiger charge is 2.16. The molecule has 1 rings (SSSR count). The van der Waals surface area contributed by atoms with Crippen LogP contribution in [0.4, 0.5) is 11.4 Å². The van der Waals surface area contributed by atoms with Crippen LogP contribution in [0.5, 0.6) is 5.75 Å². The molecule has 1 aromatic rings. The van der Waals surface area contributed by atoms with Crippen molar-refractivity contribution in [1.82, 2.24) is 0 Å². The number of nitro benzene ring substituents is 1. The van der Waals surface area contributed by atoms with Crippen LogP contribution in [-0.4, -0.2) is 36.2 Å². The molecule has 0 spiro atoms. The Kier molecular flexibility index (Phi) is 5.11. The molecule has 1 aromatic carbocycles. The minimum absolute atomic E-state index is 0.0420. The lowest BCUT2D eigenvalue weighted by Crippen LogP contribution is -2.26. The second-order valence-corrected chi connectivity index (χ2v) is 3.84. The molecule has 0 unspecified atom stereocenters. The van der Waals surface area contributed by atoms with Gasteiger partial charge in [-0.3, -0.25) is 14.9 Å². The lowest BCUT2D eigenvalue weighted by atomic mass is 10.2. The van der Waals surface area contributed by atoms with Crippen molar-refractivity contribution in [3.63, 3.8) is 0 Å². The van der Waals surface area contributed by atoms with Gasteiger partial charge in [-0.2, -0.15) is 0 Å². The van der Waals surface area contributed by atoms with E-state index in [-0.39, 0.29) is 18.7 Å². The Balaban J connectivity index is 3.08. The second-order valence-electron chi connectivity index (χ2n) is 3.84. The number of nitro groups is 1. The fourth-order valence-corrected chi connectivity index (χ4v) is 1.72. The predicted octanol–water partition coefficient (Wildman–Crippen LogP) is 1.90. The molecule has 0 fully saturated rings. The zero-order valence-electron chi connectivity index (χ0n) is 10.8. The van der Waals surface area contributed by atoms with Crippen LogP contribution in [0.1, 0.15) is 13.3 Å². The molecule has 0 aromatic heterocycles. The molecule has 0 aliphatic carbocycles. The molecule has 1 N–H and O–H groups in total. The van der Waals surface area contributed by atoms with E-state index in [1.165, 1.54) is 25.3 Å². The van der Waals surface area contributed by atoms with E-state index in [2.05, 4.69) is 0 Å². The monoisotopic (exact) mass is 268 g/mol. The SMILES string of the molecule is CCN(CCC(=O)O)c1cc([N+](=O)[O-])ccc1OC. The van der Waals surface area contributed by atoms with E-state index < -0.39 is 10.9 Å². The maximum absolute atomic E-state index is 10.8. The standard InChI is InChI=1S/C12H16N2O5/c1-3-13(7-6-12(15)16)10-8-9(14(17)18)4-5-11(10)19-2/h4-5,8H,3,6-7H2,1-2H3,(H,15,16). The molecule has 104 valence electrons. The van der Waals surface area contributed by atoms with Crippen molar-refractivity contribution in [3.8, 4) is 5.75 Å². The number of ether oxygens (including phenoxy) is 1. The molecule has 0 heterocycles. The van der Waals surface area contributed by atoms with Crippen molar-refractivity contribution in [3.05, 3.63) is 28.3 Å². The lowest BCUT2D eigenvalue weighted by Gasteiger charge is -2.24. The van der Waals surface area contributed by atoms with Crippen molar-refractivity contribution in [2.24, 2.45) is 0 Å². The largest absolute Gasteiger partial charge is 0.495 e. The summed E-state index contributed by atoms with van der Waals surface area (Å²) in [5.41, 5.74) is 0.477. The van der Waals surface area contributed by atoms with Gasteiger partial charge in [-0.1, -0.05) is 0 Å². The zero-order chi connectivity index (χ0) is 14.4. The number of rotatable bonds is 7. The number of nitrogens with zero attached hydrogens (tertiary/aromatic N) is 2. The summed E-state index contributed by atoms with van der Waals surface area (Å²) in [6, 6.07) is 4.26. The van der Waals surface area contributed by atoms with Gasteiger partial charge >= 0.3 is 5.97 Å². The molecule has 0 amide bonds. The van der Waals surface area contributed by atoms with E-state index in [0.29, 0.717) is 18.0 Å². The first-order chi connectivity index (χ1) is 8.99. The summed E-state index contributed by atoms with van der Waals surface area (Å²) in [5, 5.41) is 19.5. The number of aliphatic carboxylic acids is 1. The van der Waals surface area contributed by atoms with Gasteiger partial charge in [0.1, 0.15) is 5.75 Å². The number of methoxy groups -OCH3 is 1. The van der Waals surface area contributed by atoms with Crippen LogP contribution in [0.25, 0.3) is 0 Å². The molecule has 0 aliphatic rings. The van der Waals surface area contributed by atoms with E-state index in [1.54, 1.807) is 4.90 Å². The molecule has 0 saturated heterocycles. The average molecular weight is 268 g/mol. The number of carboxylic acids is 1. The van der Waals surface area contributed by atoms with Crippen molar-refractivity contribution < 1.29 is 19.6 Å². The number of hydrogen-bond donors (Lipinski definition) is 1. The van der Waals surface area contributed by atoms with Gasteiger partial charge in [0.15, 0.2) is 0 Å². The van der Waals surface area contributed by atoms with Crippen molar-refractivity contribution in [1.29, 1.82) is 0 Å². The molecule has 7 heteroatoms. The van der Waals surface area contributed by atoms with Crippen LogP contribution >= 0.6 is 0 Å². The highest BCUT2D eigenvalue weighted by atomic mass is 16.6. The van der Waals surface area contributed by atoms with Crippen LogP contribution in [-0.2, 0) is 4.79 Å². The van der Waals surface area contributed by atoms with Crippen LogP contribution < -0.4 is 9.64 Å². The summed E-state index contributed by atoms with van der Waals surface area (Å²) < 4.78 is 5.16. The summed E-state index contributed by atoms with van der Waals surface area (Å²) in [6.45, 7) is 2.65. The summed E-state index contributed by atoms with van der Waals surface area (Å²) >= 11 is 0. The van der Waals surface area contributed by atoms with Gasteiger partial charge in [-0.15, -0.1) is 0 Å². The molecule has 0 bridgehead atoms. The number of non-ortho nitro benzene ring substituents is 1. The lowest BCUT2D eigenvalue weighted by molar-refractivity contribution is -0.384. The van der Waals surface area contributed by atoms with Gasteiger partial charge in [0, 0.05) is 25.2 Å². The Hall–Kier alpha value is -2.31. The topological polar surface area (TPSA) is 92.9 Å². The summed E-state index contributed by atoms with van der Waals surface area (Å²) in [5.74, 6) is -0.430. The van der Waals surface area contributed by atoms with E-state index in [1.807, 2.05) is 6.92 Å². The van der Waals surface area contributed by atoms with Crippen molar-refractivity contribution in [2.45, 2.75) is 13.3 Å². The molecular weight excluding hydrogens is 252 g/mol. The molecule has 0 atom stereocenters. The van der Waals surface area contributed by atoms with Crippen molar-refractivity contribution >= 4 is 17.3 Å². The zero-order valence-corrected chi connectivity index (χ0v) is 10.8. The maximum atomic E-state index is 10.8. The van der Waals surface area contributed by atoms with Gasteiger partial charge < -0.3 is 14.7 Å².